The number of carbonyl (C=O) groups is 2. The lowest BCUT2D eigenvalue weighted by Crippen LogP contribution is -2.29. The monoisotopic (exact) mass is 535 g/mol. The quantitative estimate of drug-likeness (QED) is 0.229. The molecule has 0 aliphatic carbocycles. The molecule has 4 rings (SSSR count). The standard InChI is InChI=1S/C24H14BrClF3NO3/c25-16-8-4-13(5-9-16)20-19(21(31)14-6-10-17(26)11-7-14)22(32)23(33)30(20)18-3-1-2-15(12-18)24(27,28)29/h1-12,20,31H/b21-19+. The largest absolute Gasteiger partial charge is 0.507 e. The Bertz CT molecular complexity index is 1270. The highest BCUT2D eigenvalue weighted by molar-refractivity contribution is 9.10. The summed E-state index contributed by atoms with van der Waals surface area (Å²) in [7, 11) is 0. The number of aliphatic hydroxyl groups is 1. The first-order chi connectivity index (χ1) is 15.6. The number of Topliss-reactive ketones (excluding diaryl/α,β-unsaturated/α-hetero) is 1. The van der Waals surface area contributed by atoms with Crippen molar-refractivity contribution >= 4 is 50.7 Å². The summed E-state index contributed by atoms with van der Waals surface area (Å²) >= 11 is 9.21. The van der Waals surface area contributed by atoms with E-state index in [9.17, 15) is 27.9 Å². The van der Waals surface area contributed by atoms with E-state index >= 15 is 0 Å². The molecule has 1 aliphatic heterocycles. The molecule has 3 aromatic carbocycles. The highest BCUT2D eigenvalue weighted by Crippen LogP contribution is 2.43. The van der Waals surface area contributed by atoms with Gasteiger partial charge in [-0.1, -0.05) is 45.7 Å². The van der Waals surface area contributed by atoms with Crippen molar-refractivity contribution in [3.8, 4) is 0 Å². The molecule has 0 bridgehead atoms. The summed E-state index contributed by atoms with van der Waals surface area (Å²) in [6.45, 7) is 0. The SMILES string of the molecule is O=C1C(=O)N(c2cccc(C(F)(F)F)c2)C(c2ccc(Br)cc2)/C1=C(\O)c1ccc(Cl)cc1. The van der Waals surface area contributed by atoms with E-state index in [-0.39, 0.29) is 16.8 Å². The minimum Gasteiger partial charge on any atom is -0.507 e. The van der Waals surface area contributed by atoms with E-state index in [1.807, 2.05) is 0 Å². The summed E-state index contributed by atoms with van der Waals surface area (Å²) in [5.41, 5.74) is -0.639. The fourth-order valence-electron chi connectivity index (χ4n) is 3.65. The lowest BCUT2D eigenvalue weighted by Gasteiger charge is -2.26. The van der Waals surface area contributed by atoms with Gasteiger partial charge in [0.2, 0.25) is 0 Å². The van der Waals surface area contributed by atoms with Gasteiger partial charge in [-0.15, -0.1) is 0 Å². The second kappa shape index (κ2) is 8.68. The van der Waals surface area contributed by atoms with Crippen LogP contribution in [0.25, 0.3) is 5.76 Å². The van der Waals surface area contributed by atoms with Crippen LogP contribution >= 0.6 is 27.5 Å². The van der Waals surface area contributed by atoms with Gasteiger partial charge in [-0.05, 0) is 60.2 Å². The van der Waals surface area contributed by atoms with Gasteiger partial charge in [-0.3, -0.25) is 14.5 Å². The van der Waals surface area contributed by atoms with Crippen LogP contribution < -0.4 is 4.90 Å². The molecule has 1 unspecified atom stereocenters. The second-order valence-corrected chi connectivity index (χ2v) is 8.63. The molecule has 1 fully saturated rings. The summed E-state index contributed by atoms with van der Waals surface area (Å²) in [5, 5.41) is 11.4. The number of hydrogen-bond donors (Lipinski definition) is 1. The van der Waals surface area contributed by atoms with Gasteiger partial charge in [-0.2, -0.15) is 13.2 Å². The smallest absolute Gasteiger partial charge is 0.416 e. The lowest BCUT2D eigenvalue weighted by molar-refractivity contribution is -0.137. The maximum Gasteiger partial charge on any atom is 0.416 e. The van der Waals surface area contributed by atoms with Gasteiger partial charge in [0.1, 0.15) is 5.76 Å². The first-order valence-corrected chi connectivity index (χ1v) is 10.7. The van der Waals surface area contributed by atoms with Crippen LogP contribution in [0, 0.1) is 0 Å². The van der Waals surface area contributed by atoms with Crippen molar-refractivity contribution in [1.29, 1.82) is 0 Å². The number of halogens is 5. The number of aliphatic hydroxyl groups excluding tert-OH is 1. The Morgan fingerprint density at radius 2 is 1.61 bits per heavy atom. The van der Waals surface area contributed by atoms with Crippen LogP contribution in [0.2, 0.25) is 5.02 Å². The highest BCUT2D eigenvalue weighted by atomic mass is 79.9. The van der Waals surface area contributed by atoms with Crippen LogP contribution in [0.1, 0.15) is 22.7 Å². The van der Waals surface area contributed by atoms with Crippen molar-refractivity contribution in [3.63, 3.8) is 0 Å². The molecule has 0 aromatic heterocycles. The molecule has 3 aromatic rings. The molecule has 1 aliphatic rings. The van der Waals surface area contributed by atoms with Crippen LogP contribution in [-0.4, -0.2) is 16.8 Å². The Morgan fingerprint density at radius 1 is 0.970 bits per heavy atom. The van der Waals surface area contributed by atoms with Gasteiger partial charge in [0.15, 0.2) is 0 Å². The predicted molar refractivity (Wildman–Crippen MR) is 122 cm³/mol. The van der Waals surface area contributed by atoms with E-state index in [1.165, 1.54) is 30.3 Å². The number of nitrogens with zero attached hydrogens (tertiary/aromatic N) is 1. The number of anilines is 1. The maximum absolute atomic E-state index is 13.3. The van der Waals surface area contributed by atoms with Crippen LogP contribution in [0.3, 0.4) is 0 Å². The van der Waals surface area contributed by atoms with E-state index in [0.717, 1.165) is 27.6 Å². The third kappa shape index (κ3) is 4.41. The van der Waals surface area contributed by atoms with Crippen molar-refractivity contribution in [3.05, 3.63) is 105 Å². The molecule has 1 atom stereocenters. The average molecular weight is 537 g/mol. The normalized spacial score (nSPS) is 18.1. The molecule has 4 nitrogen and oxygen atoms in total. The highest BCUT2D eigenvalue weighted by Gasteiger charge is 2.47. The minimum absolute atomic E-state index is 0.116. The number of alkyl halides is 3. The van der Waals surface area contributed by atoms with E-state index in [4.69, 9.17) is 11.6 Å². The van der Waals surface area contributed by atoms with Crippen molar-refractivity contribution < 1.29 is 27.9 Å². The summed E-state index contributed by atoms with van der Waals surface area (Å²) < 4.78 is 40.7. The number of hydrogen-bond acceptors (Lipinski definition) is 3. The predicted octanol–water partition coefficient (Wildman–Crippen LogP) is 6.75. The Labute approximate surface area is 200 Å². The summed E-state index contributed by atoms with van der Waals surface area (Å²) in [6, 6.07) is 15.6. The molecule has 1 amide bonds. The Morgan fingerprint density at radius 3 is 2.21 bits per heavy atom. The first-order valence-electron chi connectivity index (χ1n) is 9.57. The number of amides is 1. The fraction of sp³-hybridized carbons (Fsp3) is 0.0833. The van der Waals surface area contributed by atoms with Crippen LogP contribution in [-0.2, 0) is 15.8 Å². The minimum atomic E-state index is -4.64. The summed E-state index contributed by atoms with van der Waals surface area (Å²) in [4.78, 5) is 27.0. The van der Waals surface area contributed by atoms with Crippen molar-refractivity contribution in [1.82, 2.24) is 0 Å². The van der Waals surface area contributed by atoms with Crippen LogP contribution in [0.5, 0.6) is 0 Å². The molecule has 0 spiro atoms. The van der Waals surface area contributed by atoms with Gasteiger partial charge < -0.3 is 5.11 Å². The molecule has 0 saturated carbocycles. The number of carbonyl (C=O) groups excluding carboxylic acids is 2. The molecule has 9 heteroatoms. The molecular weight excluding hydrogens is 523 g/mol. The number of ketones is 1. The first kappa shape index (κ1) is 23.1. The Hall–Kier alpha value is -3.10. The molecule has 1 heterocycles. The zero-order chi connectivity index (χ0) is 23.9. The van der Waals surface area contributed by atoms with Gasteiger partial charge in [-0.25, -0.2) is 0 Å². The third-order valence-corrected chi connectivity index (χ3v) is 5.98. The van der Waals surface area contributed by atoms with E-state index in [2.05, 4.69) is 15.9 Å². The molecule has 1 N–H and O–H groups in total. The molecular formula is C24H14BrClF3NO3. The molecule has 0 radical (unpaired) electrons. The van der Waals surface area contributed by atoms with E-state index in [1.54, 1.807) is 24.3 Å². The molecule has 33 heavy (non-hydrogen) atoms. The fourth-order valence-corrected chi connectivity index (χ4v) is 4.04. The second-order valence-electron chi connectivity index (χ2n) is 7.28. The number of benzene rings is 3. The van der Waals surface area contributed by atoms with Gasteiger partial charge in [0, 0.05) is 20.7 Å². The summed E-state index contributed by atoms with van der Waals surface area (Å²) in [6.07, 6.45) is -4.64. The maximum atomic E-state index is 13.3. The van der Waals surface area contributed by atoms with Crippen molar-refractivity contribution in [2.45, 2.75) is 12.2 Å². The topological polar surface area (TPSA) is 57.6 Å². The van der Waals surface area contributed by atoms with Gasteiger partial charge in [0.05, 0.1) is 17.2 Å². The van der Waals surface area contributed by atoms with Crippen LogP contribution in [0.4, 0.5) is 18.9 Å². The van der Waals surface area contributed by atoms with E-state index in [0.29, 0.717) is 10.6 Å². The Kier molecular flexibility index (Phi) is 6.07. The zero-order valence-electron chi connectivity index (χ0n) is 16.6. The molecule has 168 valence electrons. The van der Waals surface area contributed by atoms with Crippen molar-refractivity contribution in [2.75, 3.05) is 4.90 Å². The summed E-state index contributed by atoms with van der Waals surface area (Å²) in [5.74, 6) is -2.50. The third-order valence-electron chi connectivity index (χ3n) is 5.20. The Balaban J connectivity index is 1.94. The van der Waals surface area contributed by atoms with E-state index < -0.39 is 35.2 Å². The van der Waals surface area contributed by atoms with Gasteiger partial charge >= 0.3 is 6.18 Å². The van der Waals surface area contributed by atoms with Gasteiger partial charge in [0.25, 0.3) is 11.7 Å². The zero-order valence-corrected chi connectivity index (χ0v) is 18.9. The lowest BCUT2D eigenvalue weighted by atomic mass is 9.95. The van der Waals surface area contributed by atoms with Crippen molar-refractivity contribution in [2.24, 2.45) is 0 Å². The van der Waals surface area contributed by atoms with Crippen LogP contribution in [0.15, 0.2) is 82.8 Å². The average Bonchev–Trinajstić information content (AvgIpc) is 3.04. The molecule has 1 saturated heterocycles. The number of rotatable bonds is 3.